The van der Waals surface area contributed by atoms with Gasteiger partial charge in [-0.3, -0.25) is 14.6 Å². The molecule has 2 amide bonds. The number of halogens is 1. The quantitative estimate of drug-likeness (QED) is 0.715. The minimum atomic E-state index is -0.515. The number of nitrogens with zero attached hydrogens (tertiary/aromatic N) is 2. The first kappa shape index (κ1) is 19.2. The van der Waals surface area contributed by atoms with Crippen molar-refractivity contribution >= 4 is 23.2 Å². The van der Waals surface area contributed by atoms with E-state index in [4.69, 9.17) is 0 Å². The highest BCUT2D eigenvalue weighted by atomic mass is 19.1. The van der Waals surface area contributed by atoms with Gasteiger partial charge < -0.3 is 10.2 Å². The van der Waals surface area contributed by atoms with Crippen molar-refractivity contribution in [1.29, 1.82) is 0 Å². The summed E-state index contributed by atoms with van der Waals surface area (Å²) in [6.07, 6.45) is 1.41. The fourth-order valence-corrected chi connectivity index (χ4v) is 2.84. The molecule has 0 unspecified atom stereocenters. The van der Waals surface area contributed by atoms with Crippen molar-refractivity contribution in [3.05, 3.63) is 89.5 Å². The van der Waals surface area contributed by atoms with Gasteiger partial charge in [0.1, 0.15) is 11.5 Å². The molecule has 0 atom stereocenters. The SMILES string of the molecule is CCN(C(=O)c1ccnc(C(=O)Nc2cccc(F)c2)c1)c1cccc(C)c1. The van der Waals surface area contributed by atoms with Gasteiger partial charge in [-0.2, -0.15) is 0 Å². The van der Waals surface area contributed by atoms with Gasteiger partial charge in [0.05, 0.1) is 0 Å². The van der Waals surface area contributed by atoms with Crippen LogP contribution in [0.25, 0.3) is 0 Å². The van der Waals surface area contributed by atoms with Crippen LogP contribution in [0, 0.1) is 12.7 Å². The molecule has 3 rings (SSSR count). The maximum atomic E-state index is 13.3. The minimum Gasteiger partial charge on any atom is -0.321 e. The Morgan fingerprint density at radius 2 is 1.86 bits per heavy atom. The number of hydrogen-bond donors (Lipinski definition) is 1. The van der Waals surface area contributed by atoms with Crippen LogP contribution in [-0.4, -0.2) is 23.3 Å². The molecule has 0 saturated carbocycles. The second kappa shape index (κ2) is 8.43. The third-order valence-corrected chi connectivity index (χ3v) is 4.20. The molecule has 142 valence electrons. The standard InChI is InChI=1S/C22H20FN3O2/c1-3-26(19-9-4-6-15(2)12-19)22(28)16-10-11-24-20(13-16)21(27)25-18-8-5-7-17(23)14-18/h4-14H,3H2,1-2H3,(H,25,27). The highest BCUT2D eigenvalue weighted by Crippen LogP contribution is 2.19. The summed E-state index contributed by atoms with van der Waals surface area (Å²) in [4.78, 5) is 31.1. The minimum absolute atomic E-state index is 0.0791. The summed E-state index contributed by atoms with van der Waals surface area (Å²) in [6, 6.07) is 16.2. The number of carbonyl (C=O) groups excluding carboxylic acids is 2. The lowest BCUT2D eigenvalue weighted by molar-refractivity contribution is 0.0988. The number of aromatic nitrogens is 1. The van der Waals surface area contributed by atoms with Gasteiger partial charge in [-0.1, -0.05) is 18.2 Å². The summed E-state index contributed by atoms with van der Waals surface area (Å²) in [5.41, 5.74) is 2.58. The van der Waals surface area contributed by atoms with Crippen LogP contribution in [0.1, 0.15) is 33.3 Å². The Morgan fingerprint density at radius 1 is 1.07 bits per heavy atom. The van der Waals surface area contributed by atoms with E-state index in [0.29, 0.717) is 17.8 Å². The van der Waals surface area contributed by atoms with Crippen LogP contribution >= 0.6 is 0 Å². The molecule has 0 fully saturated rings. The van der Waals surface area contributed by atoms with Gasteiger partial charge in [-0.25, -0.2) is 4.39 Å². The molecule has 0 bridgehead atoms. The summed E-state index contributed by atoms with van der Waals surface area (Å²) in [7, 11) is 0. The number of rotatable bonds is 5. The Kier molecular flexibility index (Phi) is 5.79. The number of amides is 2. The molecule has 0 radical (unpaired) electrons. The van der Waals surface area contributed by atoms with E-state index in [1.54, 1.807) is 17.0 Å². The Labute approximate surface area is 162 Å². The molecule has 1 aromatic heterocycles. The Morgan fingerprint density at radius 3 is 2.57 bits per heavy atom. The molecule has 28 heavy (non-hydrogen) atoms. The van der Waals surface area contributed by atoms with Crippen LogP contribution in [0.4, 0.5) is 15.8 Å². The van der Waals surface area contributed by atoms with Crippen molar-refractivity contribution in [3.8, 4) is 0 Å². The zero-order valence-corrected chi connectivity index (χ0v) is 15.6. The van der Waals surface area contributed by atoms with Crippen LogP contribution in [0.3, 0.4) is 0 Å². The highest BCUT2D eigenvalue weighted by molar-refractivity contribution is 6.08. The molecule has 0 saturated heterocycles. The number of nitrogens with one attached hydrogen (secondary N) is 1. The van der Waals surface area contributed by atoms with Crippen molar-refractivity contribution in [2.45, 2.75) is 13.8 Å². The molecule has 0 aliphatic rings. The molecule has 2 aromatic carbocycles. The van der Waals surface area contributed by atoms with E-state index in [9.17, 15) is 14.0 Å². The highest BCUT2D eigenvalue weighted by Gasteiger charge is 2.18. The van der Waals surface area contributed by atoms with E-state index >= 15 is 0 Å². The van der Waals surface area contributed by atoms with Crippen LogP contribution in [-0.2, 0) is 0 Å². The number of pyridine rings is 1. The molecule has 3 aromatic rings. The zero-order chi connectivity index (χ0) is 20.1. The van der Waals surface area contributed by atoms with Gasteiger partial charge in [-0.05, 0) is 61.9 Å². The van der Waals surface area contributed by atoms with E-state index in [1.807, 2.05) is 38.1 Å². The average molecular weight is 377 g/mol. The zero-order valence-electron chi connectivity index (χ0n) is 15.6. The number of benzene rings is 2. The molecule has 0 aliphatic carbocycles. The van der Waals surface area contributed by atoms with Gasteiger partial charge in [-0.15, -0.1) is 0 Å². The van der Waals surface area contributed by atoms with Crippen molar-refractivity contribution in [2.75, 3.05) is 16.8 Å². The third kappa shape index (κ3) is 4.40. The lowest BCUT2D eigenvalue weighted by atomic mass is 10.1. The van der Waals surface area contributed by atoms with Crippen molar-refractivity contribution in [2.24, 2.45) is 0 Å². The molecule has 6 heteroatoms. The molecular weight excluding hydrogens is 357 g/mol. The maximum absolute atomic E-state index is 13.3. The second-order valence-corrected chi connectivity index (χ2v) is 6.28. The van der Waals surface area contributed by atoms with Crippen LogP contribution in [0.15, 0.2) is 66.9 Å². The van der Waals surface area contributed by atoms with E-state index in [1.165, 1.54) is 30.5 Å². The largest absolute Gasteiger partial charge is 0.321 e. The number of hydrogen-bond acceptors (Lipinski definition) is 3. The fraction of sp³-hybridized carbons (Fsp3) is 0.136. The monoisotopic (exact) mass is 377 g/mol. The topological polar surface area (TPSA) is 62.3 Å². The van der Waals surface area contributed by atoms with Gasteiger partial charge in [0.15, 0.2) is 0 Å². The summed E-state index contributed by atoms with van der Waals surface area (Å²) in [5.74, 6) is -1.19. The Hall–Kier alpha value is -3.54. The van der Waals surface area contributed by atoms with Gasteiger partial charge in [0.25, 0.3) is 11.8 Å². The molecule has 1 N–H and O–H groups in total. The second-order valence-electron chi connectivity index (χ2n) is 6.28. The van der Waals surface area contributed by atoms with E-state index in [2.05, 4.69) is 10.3 Å². The Bertz CT molecular complexity index is 1020. The van der Waals surface area contributed by atoms with E-state index in [-0.39, 0.29) is 11.6 Å². The summed E-state index contributed by atoms with van der Waals surface area (Å²) < 4.78 is 13.3. The molecular formula is C22H20FN3O2. The smallest absolute Gasteiger partial charge is 0.274 e. The number of anilines is 2. The first-order valence-electron chi connectivity index (χ1n) is 8.89. The van der Waals surface area contributed by atoms with E-state index in [0.717, 1.165) is 11.3 Å². The van der Waals surface area contributed by atoms with Crippen molar-refractivity contribution < 1.29 is 14.0 Å². The van der Waals surface area contributed by atoms with Crippen molar-refractivity contribution in [3.63, 3.8) is 0 Å². The van der Waals surface area contributed by atoms with Crippen LogP contribution in [0.2, 0.25) is 0 Å². The van der Waals surface area contributed by atoms with Gasteiger partial charge in [0, 0.05) is 29.7 Å². The first-order chi connectivity index (χ1) is 13.5. The van der Waals surface area contributed by atoms with E-state index < -0.39 is 11.7 Å². The lowest BCUT2D eigenvalue weighted by Crippen LogP contribution is -2.31. The predicted molar refractivity (Wildman–Crippen MR) is 107 cm³/mol. The first-order valence-corrected chi connectivity index (χ1v) is 8.89. The third-order valence-electron chi connectivity index (χ3n) is 4.20. The molecule has 5 nitrogen and oxygen atoms in total. The molecule has 1 heterocycles. The molecule has 0 aliphatic heterocycles. The van der Waals surface area contributed by atoms with Crippen molar-refractivity contribution in [1.82, 2.24) is 4.98 Å². The van der Waals surface area contributed by atoms with Gasteiger partial charge >= 0.3 is 0 Å². The normalized spacial score (nSPS) is 10.4. The molecule has 0 spiro atoms. The predicted octanol–water partition coefficient (Wildman–Crippen LogP) is 4.45. The average Bonchev–Trinajstić information content (AvgIpc) is 2.68. The summed E-state index contributed by atoms with van der Waals surface area (Å²) in [6.45, 7) is 4.33. The number of carbonyl (C=O) groups is 2. The van der Waals surface area contributed by atoms with Crippen LogP contribution in [0.5, 0.6) is 0 Å². The lowest BCUT2D eigenvalue weighted by Gasteiger charge is -2.21. The van der Waals surface area contributed by atoms with Crippen LogP contribution < -0.4 is 10.2 Å². The number of aryl methyl sites for hydroxylation is 1. The fourth-order valence-electron chi connectivity index (χ4n) is 2.84. The summed E-state index contributed by atoms with van der Waals surface area (Å²) >= 11 is 0. The van der Waals surface area contributed by atoms with Gasteiger partial charge in [0.2, 0.25) is 0 Å². The Balaban J connectivity index is 1.83. The maximum Gasteiger partial charge on any atom is 0.274 e. The summed E-state index contributed by atoms with van der Waals surface area (Å²) in [5, 5.41) is 2.58.